The van der Waals surface area contributed by atoms with Crippen molar-refractivity contribution in [1.29, 1.82) is 0 Å². The van der Waals surface area contributed by atoms with E-state index in [0.717, 1.165) is 21.4 Å². The first-order valence-electron chi connectivity index (χ1n) is 7.00. The van der Waals surface area contributed by atoms with Crippen LogP contribution in [0.3, 0.4) is 0 Å². The number of nitrogen functional groups attached to an aromatic ring is 1. The van der Waals surface area contributed by atoms with Crippen molar-refractivity contribution in [3.63, 3.8) is 0 Å². The second kappa shape index (κ2) is 7.02. The first-order valence-corrected chi connectivity index (χ1v) is 7.82. The molecule has 0 atom stereocenters. The number of methoxy groups -OCH3 is 1. The van der Waals surface area contributed by atoms with E-state index < -0.39 is 0 Å². The number of hydrogen-bond donors (Lipinski definition) is 2. The highest BCUT2D eigenvalue weighted by Gasteiger charge is 2.10. The predicted octanol–water partition coefficient (Wildman–Crippen LogP) is 3.96. The number of hydrogen-bond acceptors (Lipinski definition) is 6. The van der Waals surface area contributed by atoms with Crippen LogP contribution in [0.15, 0.2) is 70.8 Å². The van der Waals surface area contributed by atoms with E-state index in [-0.39, 0.29) is 0 Å². The second-order valence-corrected chi connectivity index (χ2v) is 5.78. The van der Waals surface area contributed by atoms with Gasteiger partial charge in [0.1, 0.15) is 22.8 Å². The van der Waals surface area contributed by atoms with E-state index in [2.05, 4.69) is 15.3 Å². The summed E-state index contributed by atoms with van der Waals surface area (Å²) >= 11 is 1.51. The Morgan fingerprint density at radius 1 is 1.04 bits per heavy atom. The van der Waals surface area contributed by atoms with Gasteiger partial charge in [0.05, 0.1) is 7.11 Å². The summed E-state index contributed by atoms with van der Waals surface area (Å²) in [6.07, 6.45) is 1.50. The van der Waals surface area contributed by atoms with Crippen LogP contribution in [0.5, 0.6) is 5.75 Å². The Labute approximate surface area is 138 Å². The van der Waals surface area contributed by atoms with E-state index in [1.165, 1.54) is 18.1 Å². The molecule has 3 aromatic rings. The fourth-order valence-corrected chi connectivity index (χ4v) is 2.82. The fourth-order valence-electron chi connectivity index (χ4n) is 2.00. The van der Waals surface area contributed by atoms with Gasteiger partial charge in [0.25, 0.3) is 0 Å². The molecule has 0 saturated carbocycles. The normalized spacial score (nSPS) is 10.3. The van der Waals surface area contributed by atoms with Crippen LogP contribution in [0.25, 0.3) is 0 Å². The molecular weight excluding hydrogens is 308 g/mol. The Hall–Kier alpha value is -2.73. The topological polar surface area (TPSA) is 73.1 Å². The summed E-state index contributed by atoms with van der Waals surface area (Å²) in [6, 6.07) is 17.6. The van der Waals surface area contributed by atoms with Crippen LogP contribution in [0, 0.1) is 0 Å². The number of nitrogens with zero attached hydrogens (tertiary/aromatic N) is 2. The summed E-state index contributed by atoms with van der Waals surface area (Å²) in [5.74, 6) is 1.34. The van der Waals surface area contributed by atoms with Crippen LogP contribution in [0.4, 0.5) is 17.2 Å². The molecule has 6 heteroatoms. The van der Waals surface area contributed by atoms with Gasteiger partial charge in [-0.2, -0.15) is 0 Å². The third-order valence-electron chi connectivity index (χ3n) is 3.14. The van der Waals surface area contributed by atoms with E-state index in [9.17, 15) is 0 Å². The van der Waals surface area contributed by atoms with Gasteiger partial charge in [-0.05, 0) is 24.3 Å². The Bertz CT molecular complexity index is 796. The number of nitrogens with two attached hydrogens (primary N) is 1. The molecule has 3 rings (SSSR count). The predicted molar refractivity (Wildman–Crippen MR) is 93.3 cm³/mol. The minimum absolute atomic E-state index is 0.518. The molecule has 1 heterocycles. The Morgan fingerprint density at radius 3 is 2.65 bits per heavy atom. The van der Waals surface area contributed by atoms with Crippen molar-refractivity contribution in [3.8, 4) is 5.75 Å². The van der Waals surface area contributed by atoms with Crippen LogP contribution in [-0.4, -0.2) is 17.1 Å². The molecule has 5 nitrogen and oxygen atoms in total. The van der Waals surface area contributed by atoms with E-state index >= 15 is 0 Å². The molecule has 0 aliphatic heterocycles. The van der Waals surface area contributed by atoms with Crippen LogP contribution < -0.4 is 15.8 Å². The molecule has 2 aromatic carbocycles. The van der Waals surface area contributed by atoms with Gasteiger partial charge in [-0.3, -0.25) is 0 Å². The summed E-state index contributed by atoms with van der Waals surface area (Å²) in [4.78, 5) is 9.58. The summed E-state index contributed by atoms with van der Waals surface area (Å²) in [5, 5.41) is 3.92. The molecule has 116 valence electrons. The van der Waals surface area contributed by atoms with Crippen molar-refractivity contribution < 1.29 is 4.74 Å². The molecule has 0 amide bonds. The summed E-state index contributed by atoms with van der Waals surface area (Å²) in [7, 11) is 1.63. The minimum atomic E-state index is 0.518. The van der Waals surface area contributed by atoms with Crippen LogP contribution in [0.1, 0.15) is 0 Å². The van der Waals surface area contributed by atoms with Gasteiger partial charge in [0.15, 0.2) is 5.82 Å². The summed E-state index contributed by atoms with van der Waals surface area (Å²) in [5.41, 5.74) is 7.58. The van der Waals surface area contributed by atoms with Crippen molar-refractivity contribution in [2.24, 2.45) is 0 Å². The van der Waals surface area contributed by atoms with Crippen molar-refractivity contribution in [3.05, 3.63) is 60.9 Å². The number of benzene rings is 2. The smallest absolute Gasteiger partial charge is 0.158 e. The highest BCUT2D eigenvalue weighted by molar-refractivity contribution is 7.99. The average Bonchev–Trinajstić information content (AvgIpc) is 2.59. The second-order valence-electron chi connectivity index (χ2n) is 4.71. The SMILES string of the molecule is COc1cccc(Nc2ncnc(Sc3ccccc3)c2N)c1. The molecule has 0 unspecified atom stereocenters. The Morgan fingerprint density at radius 2 is 1.87 bits per heavy atom. The van der Waals surface area contributed by atoms with Gasteiger partial charge >= 0.3 is 0 Å². The third-order valence-corrected chi connectivity index (χ3v) is 4.16. The third kappa shape index (κ3) is 3.73. The fraction of sp³-hybridized carbons (Fsp3) is 0.0588. The van der Waals surface area contributed by atoms with Gasteiger partial charge in [-0.1, -0.05) is 36.0 Å². The van der Waals surface area contributed by atoms with Gasteiger partial charge in [-0.25, -0.2) is 9.97 Å². The van der Waals surface area contributed by atoms with Gasteiger partial charge in [-0.15, -0.1) is 0 Å². The van der Waals surface area contributed by atoms with E-state index in [0.29, 0.717) is 11.5 Å². The van der Waals surface area contributed by atoms with Crippen molar-refractivity contribution in [2.45, 2.75) is 9.92 Å². The number of rotatable bonds is 5. The van der Waals surface area contributed by atoms with E-state index in [1.54, 1.807) is 7.11 Å². The lowest BCUT2D eigenvalue weighted by atomic mass is 10.3. The molecular formula is C17H16N4OS. The molecule has 0 bridgehead atoms. The highest BCUT2D eigenvalue weighted by Crippen LogP contribution is 2.34. The molecule has 0 fully saturated rings. The van der Waals surface area contributed by atoms with Gasteiger partial charge < -0.3 is 15.8 Å². The molecule has 1 aromatic heterocycles. The zero-order chi connectivity index (χ0) is 16.1. The van der Waals surface area contributed by atoms with Crippen molar-refractivity contribution >= 4 is 29.0 Å². The molecule has 3 N–H and O–H groups in total. The number of nitrogens with one attached hydrogen (secondary N) is 1. The van der Waals surface area contributed by atoms with Crippen LogP contribution >= 0.6 is 11.8 Å². The molecule has 0 aliphatic carbocycles. The zero-order valence-corrected chi connectivity index (χ0v) is 13.4. The van der Waals surface area contributed by atoms with Crippen molar-refractivity contribution in [1.82, 2.24) is 9.97 Å². The summed E-state index contributed by atoms with van der Waals surface area (Å²) in [6.45, 7) is 0. The maximum atomic E-state index is 6.21. The maximum absolute atomic E-state index is 6.21. The van der Waals surface area contributed by atoms with E-state index in [1.807, 2.05) is 54.6 Å². The van der Waals surface area contributed by atoms with Crippen molar-refractivity contribution in [2.75, 3.05) is 18.2 Å². The molecule has 0 radical (unpaired) electrons. The first kappa shape index (κ1) is 15.2. The highest BCUT2D eigenvalue weighted by atomic mass is 32.2. The Balaban J connectivity index is 1.84. The monoisotopic (exact) mass is 324 g/mol. The standard InChI is InChI=1S/C17H16N4OS/c1-22-13-7-5-6-12(10-13)21-16-15(18)17(20-11-19-16)23-14-8-3-2-4-9-14/h2-11H,18H2,1H3,(H,19,20,21). The quantitative estimate of drug-likeness (QED) is 0.692. The van der Waals surface area contributed by atoms with Gasteiger partial charge in [0.2, 0.25) is 0 Å². The average molecular weight is 324 g/mol. The number of anilines is 3. The minimum Gasteiger partial charge on any atom is -0.497 e. The van der Waals surface area contributed by atoms with E-state index in [4.69, 9.17) is 10.5 Å². The lowest BCUT2D eigenvalue weighted by Crippen LogP contribution is -2.02. The first-order chi connectivity index (χ1) is 11.3. The van der Waals surface area contributed by atoms with Crippen LogP contribution in [0.2, 0.25) is 0 Å². The molecule has 0 aliphatic rings. The molecule has 0 saturated heterocycles. The lowest BCUT2D eigenvalue weighted by molar-refractivity contribution is 0.415. The van der Waals surface area contributed by atoms with Crippen LogP contribution in [-0.2, 0) is 0 Å². The lowest BCUT2D eigenvalue weighted by Gasteiger charge is -2.11. The maximum Gasteiger partial charge on any atom is 0.158 e. The number of aromatic nitrogens is 2. The van der Waals surface area contributed by atoms with Gasteiger partial charge in [0, 0.05) is 16.6 Å². The molecule has 23 heavy (non-hydrogen) atoms. The Kier molecular flexibility index (Phi) is 4.63. The zero-order valence-electron chi connectivity index (χ0n) is 12.6. The summed E-state index contributed by atoms with van der Waals surface area (Å²) < 4.78 is 5.22. The number of ether oxygens (including phenoxy) is 1. The largest absolute Gasteiger partial charge is 0.497 e. The molecule has 0 spiro atoms.